The molecule has 0 aliphatic heterocycles. The molecule has 0 radical (unpaired) electrons. The van der Waals surface area contributed by atoms with Crippen molar-refractivity contribution in [3.63, 3.8) is 0 Å². The molecule has 0 unspecified atom stereocenters. The Labute approximate surface area is 156 Å². The van der Waals surface area contributed by atoms with Crippen LogP contribution in [0.25, 0.3) is 0 Å². The summed E-state index contributed by atoms with van der Waals surface area (Å²) in [6.07, 6.45) is 8.16. The zero-order chi connectivity index (χ0) is 18.8. The molecule has 1 aliphatic rings. The van der Waals surface area contributed by atoms with Crippen LogP contribution in [0.1, 0.15) is 68.6 Å². The number of hydrogen-bond acceptors (Lipinski definition) is 4. The van der Waals surface area contributed by atoms with Gasteiger partial charge < -0.3 is 14.4 Å². The van der Waals surface area contributed by atoms with Crippen molar-refractivity contribution in [2.45, 2.75) is 64.3 Å². The summed E-state index contributed by atoms with van der Waals surface area (Å²) in [5.41, 5.74) is 0.556. The Morgan fingerprint density at radius 2 is 1.73 bits per heavy atom. The highest BCUT2D eigenvalue weighted by molar-refractivity contribution is 5.97. The lowest BCUT2D eigenvalue weighted by Crippen LogP contribution is -2.42. The fourth-order valence-corrected chi connectivity index (χ4v) is 3.62. The van der Waals surface area contributed by atoms with E-state index in [0.717, 1.165) is 25.7 Å². The number of rotatable bonds is 7. The van der Waals surface area contributed by atoms with Crippen molar-refractivity contribution in [1.29, 1.82) is 0 Å². The van der Waals surface area contributed by atoms with Gasteiger partial charge in [0.05, 0.1) is 25.7 Å². The van der Waals surface area contributed by atoms with Crippen LogP contribution in [0.15, 0.2) is 24.3 Å². The van der Waals surface area contributed by atoms with Crippen LogP contribution in [0.3, 0.4) is 0 Å². The molecule has 144 valence electrons. The number of amides is 1. The number of para-hydroxylation sites is 1. The number of esters is 1. The van der Waals surface area contributed by atoms with Crippen molar-refractivity contribution in [1.82, 2.24) is 4.90 Å². The molecule has 0 N–H and O–H groups in total. The Morgan fingerprint density at radius 3 is 2.38 bits per heavy atom. The largest absolute Gasteiger partial charge is 0.496 e. The highest BCUT2D eigenvalue weighted by atomic mass is 16.5. The molecule has 0 spiro atoms. The van der Waals surface area contributed by atoms with Crippen LogP contribution in [-0.4, -0.2) is 43.1 Å². The van der Waals surface area contributed by atoms with Crippen LogP contribution in [0.2, 0.25) is 0 Å². The molecule has 1 aromatic rings. The Balaban J connectivity index is 2.19. The maximum Gasteiger partial charge on any atom is 0.307 e. The van der Waals surface area contributed by atoms with E-state index in [1.54, 1.807) is 26.2 Å². The molecule has 0 bridgehead atoms. The third kappa shape index (κ3) is 5.75. The summed E-state index contributed by atoms with van der Waals surface area (Å²) in [6.45, 7) is 2.55. The van der Waals surface area contributed by atoms with Crippen LogP contribution in [-0.2, 0) is 9.53 Å². The zero-order valence-corrected chi connectivity index (χ0v) is 16.0. The zero-order valence-electron chi connectivity index (χ0n) is 16.0. The van der Waals surface area contributed by atoms with Crippen LogP contribution in [0.4, 0.5) is 0 Å². The Hall–Kier alpha value is -2.04. The SMILES string of the molecule is CCOC(=O)CCN(C(=O)c1ccccc1OC)C1CCCCCCC1. The monoisotopic (exact) mass is 361 g/mol. The van der Waals surface area contributed by atoms with Gasteiger partial charge in [-0.3, -0.25) is 9.59 Å². The van der Waals surface area contributed by atoms with E-state index in [1.807, 2.05) is 17.0 Å². The van der Waals surface area contributed by atoms with Crippen molar-refractivity contribution >= 4 is 11.9 Å². The average Bonchev–Trinajstić information content (AvgIpc) is 2.63. The second kappa shape index (κ2) is 10.8. The highest BCUT2D eigenvalue weighted by Gasteiger charge is 2.27. The third-order valence-corrected chi connectivity index (χ3v) is 4.98. The minimum Gasteiger partial charge on any atom is -0.496 e. The molecule has 0 aromatic heterocycles. The summed E-state index contributed by atoms with van der Waals surface area (Å²) >= 11 is 0. The molecule has 2 rings (SSSR count). The summed E-state index contributed by atoms with van der Waals surface area (Å²) in [6, 6.07) is 7.46. The topological polar surface area (TPSA) is 55.8 Å². The van der Waals surface area contributed by atoms with Gasteiger partial charge in [0, 0.05) is 12.6 Å². The summed E-state index contributed by atoms with van der Waals surface area (Å²) in [7, 11) is 1.57. The average molecular weight is 361 g/mol. The molecule has 1 aliphatic carbocycles. The first kappa shape index (κ1) is 20.3. The molecule has 0 heterocycles. The molecule has 5 nitrogen and oxygen atoms in total. The third-order valence-electron chi connectivity index (χ3n) is 4.98. The van der Waals surface area contributed by atoms with Crippen molar-refractivity contribution in [3.8, 4) is 5.75 Å². The second-order valence-electron chi connectivity index (χ2n) is 6.75. The van der Waals surface area contributed by atoms with E-state index < -0.39 is 0 Å². The Bertz CT molecular complexity index is 579. The standard InChI is InChI=1S/C21H31NO4/c1-3-26-20(23)15-16-22(17-11-7-5-4-6-8-12-17)21(24)18-13-9-10-14-19(18)25-2/h9-10,13-14,17H,3-8,11-12,15-16H2,1-2H3. The molecule has 1 amide bonds. The van der Waals surface area contributed by atoms with E-state index in [1.165, 1.54) is 19.3 Å². The van der Waals surface area contributed by atoms with Gasteiger partial charge in [-0.15, -0.1) is 0 Å². The molecule has 1 saturated carbocycles. The van der Waals surface area contributed by atoms with Crippen LogP contribution < -0.4 is 4.74 Å². The highest BCUT2D eigenvalue weighted by Crippen LogP contribution is 2.26. The quantitative estimate of drug-likeness (QED) is 0.683. The number of carbonyl (C=O) groups is 2. The normalized spacial score (nSPS) is 15.6. The summed E-state index contributed by atoms with van der Waals surface area (Å²) in [5, 5.41) is 0. The first-order valence-electron chi connectivity index (χ1n) is 9.77. The fourth-order valence-electron chi connectivity index (χ4n) is 3.62. The van der Waals surface area contributed by atoms with Gasteiger partial charge in [0.1, 0.15) is 5.75 Å². The molecular weight excluding hydrogens is 330 g/mol. The van der Waals surface area contributed by atoms with E-state index in [4.69, 9.17) is 9.47 Å². The van der Waals surface area contributed by atoms with Crippen molar-refractivity contribution in [3.05, 3.63) is 29.8 Å². The first-order chi connectivity index (χ1) is 12.7. The molecule has 0 atom stereocenters. The van der Waals surface area contributed by atoms with Crippen molar-refractivity contribution in [2.24, 2.45) is 0 Å². The minimum atomic E-state index is -0.254. The summed E-state index contributed by atoms with van der Waals surface area (Å²) in [4.78, 5) is 27.0. The molecule has 26 heavy (non-hydrogen) atoms. The lowest BCUT2D eigenvalue weighted by Gasteiger charge is -2.33. The number of nitrogens with zero attached hydrogens (tertiary/aromatic N) is 1. The van der Waals surface area contributed by atoms with Crippen LogP contribution >= 0.6 is 0 Å². The van der Waals surface area contributed by atoms with Gasteiger partial charge in [-0.2, -0.15) is 0 Å². The van der Waals surface area contributed by atoms with Gasteiger partial charge in [-0.25, -0.2) is 0 Å². The number of hydrogen-bond donors (Lipinski definition) is 0. The van der Waals surface area contributed by atoms with E-state index in [2.05, 4.69) is 0 Å². The van der Waals surface area contributed by atoms with Gasteiger partial charge >= 0.3 is 5.97 Å². The molecule has 1 aromatic carbocycles. The Kier molecular flexibility index (Phi) is 8.45. The van der Waals surface area contributed by atoms with E-state index in [-0.39, 0.29) is 24.3 Å². The minimum absolute atomic E-state index is 0.0580. The predicted molar refractivity (Wildman–Crippen MR) is 101 cm³/mol. The molecular formula is C21H31NO4. The van der Waals surface area contributed by atoms with Crippen molar-refractivity contribution < 1.29 is 19.1 Å². The fraction of sp³-hybridized carbons (Fsp3) is 0.619. The van der Waals surface area contributed by atoms with Gasteiger partial charge in [0.2, 0.25) is 0 Å². The van der Waals surface area contributed by atoms with Gasteiger partial charge in [0.25, 0.3) is 5.91 Å². The maximum absolute atomic E-state index is 13.3. The van der Waals surface area contributed by atoms with E-state index in [0.29, 0.717) is 24.5 Å². The summed E-state index contributed by atoms with van der Waals surface area (Å²) < 4.78 is 10.4. The smallest absolute Gasteiger partial charge is 0.307 e. The number of ether oxygens (including phenoxy) is 2. The van der Waals surface area contributed by atoms with E-state index >= 15 is 0 Å². The summed E-state index contributed by atoms with van der Waals surface area (Å²) in [5.74, 6) is 0.262. The number of methoxy groups -OCH3 is 1. The first-order valence-corrected chi connectivity index (χ1v) is 9.77. The van der Waals surface area contributed by atoms with Crippen LogP contribution in [0, 0.1) is 0 Å². The van der Waals surface area contributed by atoms with Gasteiger partial charge in [0.15, 0.2) is 0 Å². The predicted octanol–water partition coefficient (Wildman–Crippen LogP) is 4.20. The number of carbonyl (C=O) groups excluding carboxylic acids is 2. The molecule has 1 fully saturated rings. The molecule has 0 saturated heterocycles. The van der Waals surface area contributed by atoms with Crippen molar-refractivity contribution in [2.75, 3.05) is 20.3 Å². The van der Waals surface area contributed by atoms with E-state index in [9.17, 15) is 9.59 Å². The second-order valence-corrected chi connectivity index (χ2v) is 6.75. The Morgan fingerprint density at radius 1 is 1.08 bits per heavy atom. The number of benzene rings is 1. The lowest BCUT2D eigenvalue weighted by molar-refractivity contribution is -0.143. The van der Waals surface area contributed by atoms with Gasteiger partial charge in [-0.1, -0.05) is 44.2 Å². The lowest BCUT2D eigenvalue weighted by atomic mass is 9.95. The van der Waals surface area contributed by atoms with Gasteiger partial charge in [-0.05, 0) is 31.9 Å². The maximum atomic E-state index is 13.3. The van der Waals surface area contributed by atoms with Crippen LogP contribution in [0.5, 0.6) is 5.75 Å². The molecule has 5 heteroatoms.